The minimum atomic E-state index is -4.21. The van der Waals surface area contributed by atoms with E-state index in [1.807, 2.05) is 0 Å². The van der Waals surface area contributed by atoms with Gasteiger partial charge in [-0.3, -0.25) is 0 Å². The van der Waals surface area contributed by atoms with E-state index < -0.39 is 12.8 Å². The molecule has 0 amide bonds. The van der Waals surface area contributed by atoms with Crippen LogP contribution in [0.15, 0.2) is 0 Å². The number of halogens is 3. The zero-order valence-corrected chi connectivity index (χ0v) is 10.4. The number of hydrogen-bond acceptors (Lipinski definition) is 2. The summed E-state index contributed by atoms with van der Waals surface area (Å²) >= 11 is 0. The Morgan fingerprint density at radius 3 is 2.59 bits per heavy atom. The number of ether oxygens (including phenoxy) is 1. The Morgan fingerprint density at radius 1 is 1.18 bits per heavy atom. The average molecular weight is 253 g/mol. The highest BCUT2D eigenvalue weighted by Crippen LogP contribution is 2.22. The van der Waals surface area contributed by atoms with Gasteiger partial charge in [0, 0.05) is 12.6 Å². The first-order valence-corrected chi connectivity index (χ1v) is 6.37. The predicted molar refractivity (Wildman–Crippen MR) is 60.9 cm³/mol. The van der Waals surface area contributed by atoms with Crippen molar-refractivity contribution in [2.45, 2.75) is 51.2 Å². The van der Waals surface area contributed by atoms with Crippen molar-refractivity contribution in [1.29, 1.82) is 0 Å². The molecule has 0 aliphatic heterocycles. The molecule has 0 aromatic heterocycles. The van der Waals surface area contributed by atoms with Crippen molar-refractivity contribution in [2.24, 2.45) is 5.92 Å². The molecule has 2 nitrogen and oxygen atoms in total. The fraction of sp³-hybridized carbons (Fsp3) is 1.00. The molecule has 17 heavy (non-hydrogen) atoms. The van der Waals surface area contributed by atoms with Gasteiger partial charge < -0.3 is 10.1 Å². The maximum absolute atomic E-state index is 11.8. The summed E-state index contributed by atoms with van der Waals surface area (Å²) in [5.74, 6) is 0.611. The highest BCUT2D eigenvalue weighted by Gasteiger charge is 2.27. The molecule has 1 saturated carbocycles. The monoisotopic (exact) mass is 253 g/mol. The number of rotatable bonds is 5. The molecule has 102 valence electrons. The van der Waals surface area contributed by atoms with Crippen LogP contribution in [0.2, 0.25) is 0 Å². The number of hydrogen-bond donors (Lipinski definition) is 1. The fourth-order valence-electron chi connectivity index (χ4n) is 2.30. The van der Waals surface area contributed by atoms with E-state index in [1.54, 1.807) is 0 Å². The van der Waals surface area contributed by atoms with Crippen LogP contribution >= 0.6 is 0 Å². The topological polar surface area (TPSA) is 21.3 Å². The largest absolute Gasteiger partial charge is 0.411 e. The molecular formula is C12H22F3NO. The average Bonchev–Trinajstić information content (AvgIpc) is 2.42. The summed E-state index contributed by atoms with van der Waals surface area (Å²) in [7, 11) is 0. The Hall–Kier alpha value is -0.290. The van der Waals surface area contributed by atoms with E-state index >= 15 is 0 Å². The molecule has 2 atom stereocenters. The second kappa shape index (κ2) is 7.21. The van der Waals surface area contributed by atoms with E-state index in [0.717, 1.165) is 6.42 Å². The normalized spacial score (nSPS) is 26.8. The molecule has 1 aliphatic carbocycles. The van der Waals surface area contributed by atoms with E-state index in [-0.39, 0.29) is 6.61 Å². The molecule has 0 saturated heterocycles. The van der Waals surface area contributed by atoms with Crippen molar-refractivity contribution >= 4 is 0 Å². The van der Waals surface area contributed by atoms with Gasteiger partial charge in [-0.15, -0.1) is 0 Å². The lowest BCUT2D eigenvalue weighted by Gasteiger charge is -2.22. The number of alkyl halides is 3. The summed E-state index contributed by atoms with van der Waals surface area (Å²) < 4.78 is 40.0. The highest BCUT2D eigenvalue weighted by atomic mass is 19.4. The molecule has 5 heteroatoms. The quantitative estimate of drug-likeness (QED) is 0.600. The Morgan fingerprint density at radius 2 is 1.88 bits per heavy atom. The first-order valence-electron chi connectivity index (χ1n) is 6.37. The van der Waals surface area contributed by atoms with Gasteiger partial charge in [0.1, 0.15) is 6.61 Å². The molecule has 0 bridgehead atoms. The summed E-state index contributed by atoms with van der Waals surface area (Å²) in [5, 5.41) is 3.31. The molecule has 1 rings (SSSR count). The Balaban J connectivity index is 2.08. The third-order valence-corrected chi connectivity index (χ3v) is 3.28. The summed E-state index contributed by atoms with van der Waals surface area (Å²) in [4.78, 5) is 0. The van der Waals surface area contributed by atoms with E-state index in [0.29, 0.717) is 18.5 Å². The molecule has 1 fully saturated rings. The standard InChI is InChI=1S/C12H22F3NO/c1-10-5-3-2-4-6-11(10)16-7-8-17-9-12(13,14)15/h10-11,16H,2-9H2,1H3. The summed E-state index contributed by atoms with van der Waals surface area (Å²) in [6.07, 6.45) is 1.87. The first kappa shape index (κ1) is 14.8. The Kier molecular flexibility index (Phi) is 6.27. The van der Waals surface area contributed by atoms with Gasteiger partial charge in [-0.2, -0.15) is 13.2 Å². The Labute approximate surface area is 101 Å². The second-order valence-corrected chi connectivity index (χ2v) is 4.84. The highest BCUT2D eigenvalue weighted by molar-refractivity contribution is 4.76. The van der Waals surface area contributed by atoms with E-state index in [1.165, 1.54) is 25.7 Å². The molecule has 0 aromatic carbocycles. The van der Waals surface area contributed by atoms with Gasteiger partial charge >= 0.3 is 6.18 Å². The predicted octanol–water partition coefficient (Wildman–Crippen LogP) is 3.12. The van der Waals surface area contributed by atoms with Crippen molar-refractivity contribution in [2.75, 3.05) is 19.8 Å². The maximum atomic E-state index is 11.8. The van der Waals surface area contributed by atoms with Crippen LogP contribution in [0, 0.1) is 5.92 Å². The molecule has 1 aliphatic rings. The number of nitrogens with one attached hydrogen (secondary N) is 1. The summed E-state index contributed by atoms with van der Waals surface area (Å²) in [6.45, 7) is 1.70. The lowest BCUT2D eigenvalue weighted by molar-refractivity contribution is -0.173. The van der Waals surface area contributed by atoms with Crippen LogP contribution in [-0.4, -0.2) is 32.0 Å². The smallest absolute Gasteiger partial charge is 0.371 e. The van der Waals surface area contributed by atoms with Crippen LogP contribution < -0.4 is 5.32 Å². The Bertz CT molecular complexity index is 208. The van der Waals surface area contributed by atoms with Crippen LogP contribution in [0.4, 0.5) is 13.2 Å². The van der Waals surface area contributed by atoms with E-state index in [4.69, 9.17) is 0 Å². The van der Waals surface area contributed by atoms with Crippen molar-refractivity contribution in [3.05, 3.63) is 0 Å². The van der Waals surface area contributed by atoms with Crippen molar-refractivity contribution in [1.82, 2.24) is 5.32 Å². The first-order chi connectivity index (χ1) is 7.99. The molecule has 0 radical (unpaired) electrons. The van der Waals surface area contributed by atoms with Crippen LogP contribution in [0.1, 0.15) is 39.0 Å². The van der Waals surface area contributed by atoms with Gasteiger partial charge in [-0.25, -0.2) is 0 Å². The second-order valence-electron chi connectivity index (χ2n) is 4.84. The molecule has 0 spiro atoms. The molecule has 2 unspecified atom stereocenters. The lowest BCUT2D eigenvalue weighted by atomic mass is 9.97. The van der Waals surface area contributed by atoms with Gasteiger partial charge in [0.15, 0.2) is 0 Å². The lowest BCUT2D eigenvalue weighted by Crippen LogP contribution is -2.36. The van der Waals surface area contributed by atoms with Crippen molar-refractivity contribution < 1.29 is 17.9 Å². The van der Waals surface area contributed by atoms with Crippen molar-refractivity contribution in [3.8, 4) is 0 Å². The zero-order chi connectivity index (χ0) is 12.7. The van der Waals surface area contributed by atoms with E-state index in [9.17, 15) is 13.2 Å². The molecule has 0 heterocycles. The minimum absolute atomic E-state index is 0.128. The van der Waals surface area contributed by atoms with Crippen molar-refractivity contribution in [3.63, 3.8) is 0 Å². The van der Waals surface area contributed by atoms with Gasteiger partial charge in [0.25, 0.3) is 0 Å². The van der Waals surface area contributed by atoms with E-state index in [2.05, 4.69) is 17.0 Å². The molecule has 1 N–H and O–H groups in total. The molecular weight excluding hydrogens is 231 g/mol. The van der Waals surface area contributed by atoms with Crippen LogP contribution in [0.25, 0.3) is 0 Å². The third kappa shape index (κ3) is 6.88. The van der Waals surface area contributed by atoms with Crippen LogP contribution in [0.3, 0.4) is 0 Å². The summed E-state index contributed by atoms with van der Waals surface area (Å²) in [5.41, 5.74) is 0. The molecule has 0 aromatic rings. The third-order valence-electron chi connectivity index (χ3n) is 3.28. The minimum Gasteiger partial charge on any atom is -0.371 e. The van der Waals surface area contributed by atoms with Gasteiger partial charge in [0.2, 0.25) is 0 Å². The van der Waals surface area contributed by atoms with Gasteiger partial charge in [0.05, 0.1) is 6.61 Å². The van der Waals surface area contributed by atoms with Crippen LogP contribution in [-0.2, 0) is 4.74 Å². The van der Waals surface area contributed by atoms with Gasteiger partial charge in [-0.05, 0) is 18.8 Å². The zero-order valence-electron chi connectivity index (χ0n) is 10.4. The fourth-order valence-corrected chi connectivity index (χ4v) is 2.30. The van der Waals surface area contributed by atoms with Crippen LogP contribution in [0.5, 0.6) is 0 Å². The maximum Gasteiger partial charge on any atom is 0.411 e. The van der Waals surface area contributed by atoms with Gasteiger partial charge in [-0.1, -0.05) is 26.2 Å². The summed E-state index contributed by atoms with van der Waals surface area (Å²) in [6, 6.07) is 0.437. The SMILES string of the molecule is CC1CCCCCC1NCCOCC(F)(F)F.